The third-order valence-electron chi connectivity index (χ3n) is 2.34. The molecule has 0 saturated carbocycles. The average molecular weight is 205 g/mol. The van der Waals surface area contributed by atoms with Crippen LogP contribution in [0.25, 0.3) is 0 Å². The summed E-state index contributed by atoms with van der Waals surface area (Å²) in [7, 11) is 0. The highest BCUT2D eigenvalue weighted by molar-refractivity contribution is 6.21. The molecule has 78 valence electrons. The number of fused-ring (bicyclic) bond motifs is 1. The van der Waals surface area contributed by atoms with Crippen LogP contribution >= 0.6 is 0 Å². The summed E-state index contributed by atoms with van der Waals surface area (Å²) in [4.78, 5) is 24.5. The predicted molar refractivity (Wildman–Crippen MR) is 53.2 cm³/mol. The van der Waals surface area contributed by atoms with E-state index in [1.165, 1.54) is 13.8 Å². The molecule has 0 spiro atoms. The largest absolute Gasteiger partial charge is 0.371 e. The summed E-state index contributed by atoms with van der Waals surface area (Å²) in [5.41, 5.74) is -0.762. The molecule has 15 heavy (non-hydrogen) atoms. The van der Waals surface area contributed by atoms with Gasteiger partial charge in [-0.05, 0) is 26.0 Å². The highest BCUT2D eigenvalue weighted by Gasteiger charge is 2.42. The van der Waals surface area contributed by atoms with Crippen molar-refractivity contribution in [1.29, 1.82) is 0 Å². The summed E-state index contributed by atoms with van der Waals surface area (Å²) in [6, 6.07) is 6.55. The molecule has 0 radical (unpaired) electrons. The van der Waals surface area contributed by atoms with Gasteiger partial charge in [0, 0.05) is 0 Å². The molecule has 0 fully saturated rings. The van der Waals surface area contributed by atoms with E-state index in [2.05, 4.69) is 0 Å². The molecule has 2 amide bonds. The Bertz CT molecular complexity index is 410. The van der Waals surface area contributed by atoms with Gasteiger partial charge >= 0.3 is 0 Å². The van der Waals surface area contributed by atoms with Crippen molar-refractivity contribution in [3.8, 4) is 0 Å². The van der Waals surface area contributed by atoms with Crippen LogP contribution < -0.4 is 0 Å². The topological polar surface area (TPSA) is 57.6 Å². The first-order valence-corrected chi connectivity index (χ1v) is 4.63. The summed E-state index contributed by atoms with van der Waals surface area (Å²) in [5.74, 6) is -0.883. The van der Waals surface area contributed by atoms with Gasteiger partial charge in [-0.15, -0.1) is 0 Å². The van der Waals surface area contributed by atoms with Crippen molar-refractivity contribution in [2.75, 3.05) is 0 Å². The van der Waals surface area contributed by atoms with Crippen molar-refractivity contribution in [3.63, 3.8) is 0 Å². The highest BCUT2D eigenvalue weighted by Crippen LogP contribution is 2.27. The number of amides is 2. The second-order valence-corrected chi connectivity index (χ2v) is 3.99. The van der Waals surface area contributed by atoms with Crippen LogP contribution in [0.15, 0.2) is 24.3 Å². The van der Waals surface area contributed by atoms with Crippen LogP contribution in [-0.4, -0.2) is 27.5 Å². The van der Waals surface area contributed by atoms with Crippen molar-refractivity contribution in [3.05, 3.63) is 35.4 Å². The molecule has 0 bridgehead atoms. The molecule has 0 saturated heterocycles. The van der Waals surface area contributed by atoms with Crippen LogP contribution in [0, 0.1) is 0 Å². The van der Waals surface area contributed by atoms with Crippen molar-refractivity contribution in [2.45, 2.75) is 19.6 Å². The monoisotopic (exact) mass is 205 g/mol. The van der Waals surface area contributed by atoms with Gasteiger partial charge in [0.1, 0.15) is 5.72 Å². The van der Waals surface area contributed by atoms with Crippen molar-refractivity contribution >= 4 is 11.8 Å². The highest BCUT2D eigenvalue weighted by atomic mass is 16.3. The normalized spacial score (nSPS) is 15.8. The second kappa shape index (κ2) is 2.90. The molecule has 4 heteroatoms. The lowest BCUT2D eigenvalue weighted by molar-refractivity contribution is -0.0408. The van der Waals surface area contributed by atoms with Crippen LogP contribution in [0.4, 0.5) is 0 Å². The Balaban J connectivity index is 2.55. The van der Waals surface area contributed by atoms with Crippen LogP contribution in [0.1, 0.15) is 34.6 Å². The first-order chi connectivity index (χ1) is 6.93. The minimum absolute atomic E-state index is 0.352. The molecule has 1 N–H and O–H groups in total. The first-order valence-electron chi connectivity index (χ1n) is 4.63. The third-order valence-corrected chi connectivity index (χ3v) is 2.34. The van der Waals surface area contributed by atoms with Crippen molar-refractivity contribution in [1.82, 2.24) is 4.90 Å². The van der Waals surface area contributed by atoms with Crippen LogP contribution in [-0.2, 0) is 0 Å². The Morgan fingerprint density at radius 1 is 1.07 bits per heavy atom. The zero-order valence-electron chi connectivity index (χ0n) is 8.52. The lowest BCUT2D eigenvalue weighted by atomic mass is 10.1. The number of carbonyl (C=O) groups is 2. The Morgan fingerprint density at radius 3 is 1.80 bits per heavy atom. The van der Waals surface area contributed by atoms with E-state index in [0.717, 1.165) is 4.90 Å². The number of rotatable bonds is 1. The fraction of sp³-hybridized carbons (Fsp3) is 0.273. The lowest BCUT2D eigenvalue weighted by Gasteiger charge is -2.27. The van der Waals surface area contributed by atoms with E-state index >= 15 is 0 Å². The molecule has 0 aliphatic carbocycles. The van der Waals surface area contributed by atoms with E-state index in [1.54, 1.807) is 24.3 Å². The second-order valence-electron chi connectivity index (χ2n) is 3.99. The maximum Gasteiger partial charge on any atom is 0.263 e. The Labute approximate surface area is 87.1 Å². The SMILES string of the molecule is CC(C)(O)N1C(=O)c2ccccc2C1=O. The number of carbonyl (C=O) groups excluding carboxylic acids is 2. The summed E-state index contributed by atoms with van der Waals surface area (Å²) in [6.45, 7) is 2.82. The number of nitrogens with zero attached hydrogens (tertiary/aromatic N) is 1. The predicted octanol–water partition coefficient (Wildman–Crippen LogP) is 1.01. The number of hydrogen-bond acceptors (Lipinski definition) is 3. The quantitative estimate of drug-likeness (QED) is 0.696. The number of benzene rings is 1. The average Bonchev–Trinajstić information content (AvgIpc) is 2.39. The maximum atomic E-state index is 11.8. The van der Waals surface area contributed by atoms with E-state index < -0.39 is 17.5 Å². The zero-order chi connectivity index (χ0) is 11.2. The van der Waals surface area contributed by atoms with Gasteiger partial charge in [-0.3, -0.25) is 9.59 Å². The molecule has 0 unspecified atom stereocenters. The fourth-order valence-corrected chi connectivity index (χ4v) is 1.69. The van der Waals surface area contributed by atoms with E-state index in [4.69, 9.17) is 0 Å². The summed E-state index contributed by atoms with van der Waals surface area (Å²) in [5, 5.41) is 9.71. The molecular formula is C11H11NO3. The molecule has 1 aliphatic heterocycles. The Kier molecular flexibility index (Phi) is 1.91. The van der Waals surface area contributed by atoms with Gasteiger partial charge in [-0.25, -0.2) is 4.90 Å². The lowest BCUT2D eigenvalue weighted by Crippen LogP contribution is -2.47. The molecule has 1 aliphatic rings. The maximum absolute atomic E-state index is 11.8. The standard InChI is InChI=1S/C11H11NO3/c1-11(2,15)12-9(13)7-5-3-4-6-8(7)10(12)14/h3-6,15H,1-2H3. The molecule has 1 aromatic rings. The minimum atomic E-state index is -1.47. The van der Waals surface area contributed by atoms with E-state index in [0.29, 0.717) is 11.1 Å². The van der Waals surface area contributed by atoms with Gasteiger partial charge in [-0.2, -0.15) is 0 Å². The summed E-state index contributed by atoms with van der Waals surface area (Å²) < 4.78 is 0. The molecule has 0 atom stereocenters. The molecule has 2 rings (SSSR count). The van der Waals surface area contributed by atoms with Gasteiger partial charge in [0.05, 0.1) is 11.1 Å². The van der Waals surface area contributed by atoms with Crippen LogP contribution in [0.3, 0.4) is 0 Å². The van der Waals surface area contributed by atoms with Gasteiger partial charge in [0.25, 0.3) is 11.8 Å². The van der Waals surface area contributed by atoms with Gasteiger partial charge in [0.15, 0.2) is 0 Å². The van der Waals surface area contributed by atoms with Gasteiger partial charge < -0.3 is 5.11 Å². The summed E-state index contributed by atoms with van der Waals surface area (Å²) >= 11 is 0. The van der Waals surface area contributed by atoms with Gasteiger partial charge in [-0.1, -0.05) is 12.1 Å². The zero-order valence-corrected chi connectivity index (χ0v) is 8.52. The molecule has 0 aromatic heterocycles. The van der Waals surface area contributed by atoms with Crippen molar-refractivity contribution in [2.24, 2.45) is 0 Å². The summed E-state index contributed by atoms with van der Waals surface area (Å²) in [6.07, 6.45) is 0. The molecule has 1 aromatic carbocycles. The van der Waals surface area contributed by atoms with Gasteiger partial charge in [0.2, 0.25) is 0 Å². The third kappa shape index (κ3) is 1.34. The molecular weight excluding hydrogens is 194 g/mol. The number of aliphatic hydroxyl groups is 1. The smallest absolute Gasteiger partial charge is 0.263 e. The van der Waals surface area contributed by atoms with E-state index in [9.17, 15) is 14.7 Å². The minimum Gasteiger partial charge on any atom is -0.371 e. The van der Waals surface area contributed by atoms with Crippen LogP contribution in [0.2, 0.25) is 0 Å². The Morgan fingerprint density at radius 2 is 1.47 bits per heavy atom. The first kappa shape index (κ1) is 9.86. The number of imide groups is 1. The van der Waals surface area contributed by atoms with Crippen LogP contribution in [0.5, 0.6) is 0 Å². The van der Waals surface area contributed by atoms with E-state index in [-0.39, 0.29) is 0 Å². The van der Waals surface area contributed by atoms with Crippen molar-refractivity contribution < 1.29 is 14.7 Å². The fourth-order valence-electron chi connectivity index (χ4n) is 1.69. The molecule has 4 nitrogen and oxygen atoms in total. The number of hydrogen-bond donors (Lipinski definition) is 1. The Hall–Kier alpha value is -1.68. The van der Waals surface area contributed by atoms with E-state index in [1.807, 2.05) is 0 Å². The molecule has 1 heterocycles.